The van der Waals surface area contributed by atoms with Gasteiger partial charge in [-0.3, -0.25) is 0 Å². The Morgan fingerprint density at radius 3 is 2.84 bits per heavy atom. The predicted octanol–water partition coefficient (Wildman–Crippen LogP) is 2.90. The van der Waals surface area contributed by atoms with Gasteiger partial charge < -0.3 is 10.3 Å². The lowest BCUT2D eigenvalue weighted by Gasteiger charge is -2.29. The van der Waals surface area contributed by atoms with Crippen LogP contribution in [0.1, 0.15) is 44.2 Å². The van der Waals surface area contributed by atoms with Gasteiger partial charge in [0.2, 0.25) is 5.89 Å². The molecule has 6 heteroatoms. The highest BCUT2D eigenvalue weighted by atomic mass is 32.2. The minimum atomic E-state index is 0.367. The van der Waals surface area contributed by atoms with Gasteiger partial charge in [-0.05, 0) is 12.5 Å². The molecule has 108 valence electrons. The smallest absolute Gasteiger partial charge is 0.227 e. The highest BCUT2D eigenvalue weighted by Crippen LogP contribution is 2.43. The number of nitrogens with two attached hydrogens (primary N) is 1. The molecule has 0 saturated carbocycles. The van der Waals surface area contributed by atoms with Crippen molar-refractivity contribution in [2.75, 3.05) is 12.3 Å². The summed E-state index contributed by atoms with van der Waals surface area (Å²) in [5, 5.41) is 5.87. The van der Waals surface area contributed by atoms with Crippen molar-refractivity contribution in [1.29, 1.82) is 0 Å². The molecule has 0 bridgehead atoms. The van der Waals surface area contributed by atoms with Crippen LogP contribution in [0.15, 0.2) is 4.52 Å². The molecular formula is C13H23N3OS2. The van der Waals surface area contributed by atoms with Gasteiger partial charge >= 0.3 is 0 Å². The Morgan fingerprint density at radius 2 is 2.21 bits per heavy atom. The number of hydrogen-bond donors (Lipinski definition) is 1. The van der Waals surface area contributed by atoms with Crippen LogP contribution in [-0.4, -0.2) is 32.9 Å². The van der Waals surface area contributed by atoms with Crippen LogP contribution < -0.4 is 5.73 Å². The zero-order valence-corrected chi connectivity index (χ0v) is 13.5. The van der Waals surface area contributed by atoms with Crippen LogP contribution >= 0.6 is 23.5 Å². The zero-order valence-electron chi connectivity index (χ0n) is 11.8. The van der Waals surface area contributed by atoms with Gasteiger partial charge in [0.25, 0.3) is 0 Å². The van der Waals surface area contributed by atoms with Gasteiger partial charge in [-0.25, -0.2) is 0 Å². The van der Waals surface area contributed by atoms with Crippen molar-refractivity contribution in [2.24, 2.45) is 11.7 Å². The second-order valence-electron chi connectivity index (χ2n) is 5.13. The van der Waals surface area contributed by atoms with Gasteiger partial charge in [0.05, 0.1) is 5.25 Å². The van der Waals surface area contributed by atoms with Crippen LogP contribution in [0.25, 0.3) is 0 Å². The van der Waals surface area contributed by atoms with Crippen molar-refractivity contribution in [3.05, 3.63) is 11.7 Å². The van der Waals surface area contributed by atoms with E-state index in [9.17, 15) is 0 Å². The van der Waals surface area contributed by atoms with Crippen LogP contribution in [0.3, 0.4) is 0 Å². The van der Waals surface area contributed by atoms with Crippen molar-refractivity contribution in [2.45, 2.75) is 49.4 Å². The van der Waals surface area contributed by atoms with Crippen LogP contribution in [0.5, 0.6) is 0 Å². The van der Waals surface area contributed by atoms with E-state index in [2.05, 4.69) is 30.9 Å². The lowest BCUT2D eigenvalue weighted by molar-refractivity contribution is 0.347. The summed E-state index contributed by atoms with van der Waals surface area (Å²) in [6, 6.07) is 0. The minimum absolute atomic E-state index is 0.367. The maximum Gasteiger partial charge on any atom is 0.227 e. The van der Waals surface area contributed by atoms with Crippen molar-refractivity contribution in [3.8, 4) is 0 Å². The summed E-state index contributed by atoms with van der Waals surface area (Å²) in [5.74, 6) is 3.12. The lowest BCUT2D eigenvalue weighted by atomic mass is 10.0. The Balaban J connectivity index is 1.97. The Labute approximate surface area is 123 Å². The van der Waals surface area contributed by atoms with Crippen LogP contribution in [0.4, 0.5) is 0 Å². The third-order valence-electron chi connectivity index (χ3n) is 3.70. The van der Waals surface area contributed by atoms with E-state index >= 15 is 0 Å². The summed E-state index contributed by atoms with van der Waals surface area (Å²) in [5.41, 5.74) is 5.72. The molecule has 1 aliphatic heterocycles. The average Bonchev–Trinajstić information content (AvgIpc) is 2.87. The van der Waals surface area contributed by atoms with E-state index in [1.807, 2.05) is 23.5 Å². The molecule has 2 rings (SSSR count). The van der Waals surface area contributed by atoms with E-state index in [0.717, 1.165) is 30.3 Å². The highest BCUT2D eigenvalue weighted by molar-refractivity contribution is 8.07. The summed E-state index contributed by atoms with van der Waals surface area (Å²) in [6.07, 6.45) is 1.85. The molecule has 19 heavy (non-hydrogen) atoms. The molecular weight excluding hydrogens is 278 g/mol. The first-order valence-corrected chi connectivity index (χ1v) is 8.92. The molecule has 0 aliphatic carbocycles. The molecule has 2 heterocycles. The Kier molecular flexibility index (Phi) is 5.59. The van der Waals surface area contributed by atoms with Crippen molar-refractivity contribution >= 4 is 23.5 Å². The minimum Gasteiger partial charge on any atom is -0.339 e. The van der Waals surface area contributed by atoms with Crippen molar-refractivity contribution < 1.29 is 4.52 Å². The normalized spacial score (nSPS) is 29.4. The molecule has 4 nitrogen and oxygen atoms in total. The molecule has 4 atom stereocenters. The molecule has 0 aromatic carbocycles. The van der Waals surface area contributed by atoms with E-state index in [0.29, 0.717) is 28.2 Å². The highest BCUT2D eigenvalue weighted by Gasteiger charge is 2.29. The Morgan fingerprint density at radius 1 is 1.42 bits per heavy atom. The van der Waals surface area contributed by atoms with Gasteiger partial charge in [0, 0.05) is 22.7 Å². The van der Waals surface area contributed by atoms with Crippen LogP contribution in [0, 0.1) is 5.92 Å². The maximum absolute atomic E-state index is 5.72. The molecule has 0 amide bonds. The molecule has 1 aliphatic rings. The zero-order chi connectivity index (χ0) is 13.8. The molecule has 1 aromatic rings. The van der Waals surface area contributed by atoms with E-state index in [1.54, 1.807) is 0 Å². The summed E-state index contributed by atoms with van der Waals surface area (Å²) in [4.78, 5) is 4.56. The van der Waals surface area contributed by atoms with Gasteiger partial charge in [-0.2, -0.15) is 16.7 Å². The first-order valence-electron chi connectivity index (χ1n) is 6.93. The van der Waals surface area contributed by atoms with Crippen LogP contribution in [-0.2, 0) is 6.42 Å². The monoisotopic (exact) mass is 301 g/mol. The summed E-state index contributed by atoms with van der Waals surface area (Å²) >= 11 is 3.96. The van der Waals surface area contributed by atoms with Gasteiger partial charge in [0.15, 0.2) is 5.82 Å². The van der Waals surface area contributed by atoms with E-state index < -0.39 is 0 Å². The SMILES string of the molecule is CCC(CN)Cc1nc(C2CSC(C)C(C)S2)no1. The largest absolute Gasteiger partial charge is 0.339 e. The van der Waals surface area contributed by atoms with Crippen LogP contribution in [0.2, 0.25) is 0 Å². The standard InChI is InChI=1S/C13H23N3OS2/c1-4-10(6-14)5-12-15-13(16-17-12)11-7-18-8(2)9(3)19-11/h8-11H,4-7,14H2,1-3H3. The fourth-order valence-corrected chi connectivity index (χ4v) is 4.88. The quantitative estimate of drug-likeness (QED) is 0.902. The molecule has 0 radical (unpaired) electrons. The van der Waals surface area contributed by atoms with E-state index in [4.69, 9.17) is 10.3 Å². The average molecular weight is 301 g/mol. The fraction of sp³-hybridized carbons (Fsp3) is 0.846. The molecule has 0 spiro atoms. The third-order valence-corrected chi connectivity index (χ3v) is 7.08. The summed E-state index contributed by atoms with van der Waals surface area (Å²) < 4.78 is 5.37. The summed E-state index contributed by atoms with van der Waals surface area (Å²) in [7, 11) is 0. The molecule has 1 saturated heterocycles. The Hall–Kier alpha value is -0.200. The first kappa shape index (κ1) is 15.2. The number of thioether (sulfide) groups is 2. The molecule has 2 N–H and O–H groups in total. The summed E-state index contributed by atoms with van der Waals surface area (Å²) in [6.45, 7) is 7.38. The van der Waals surface area contributed by atoms with E-state index in [-0.39, 0.29) is 0 Å². The maximum atomic E-state index is 5.72. The van der Waals surface area contributed by atoms with Crippen molar-refractivity contribution in [3.63, 3.8) is 0 Å². The second-order valence-corrected chi connectivity index (χ2v) is 8.12. The first-order chi connectivity index (χ1) is 9.13. The second kappa shape index (κ2) is 6.99. The van der Waals surface area contributed by atoms with Crippen molar-refractivity contribution in [1.82, 2.24) is 10.1 Å². The Bertz CT molecular complexity index is 395. The number of nitrogens with zero attached hydrogens (tertiary/aromatic N) is 2. The lowest BCUT2D eigenvalue weighted by Crippen LogP contribution is -2.22. The third kappa shape index (κ3) is 3.89. The fourth-order valence-electron chi connectivity index (χ4n) is 2.04. The number of hydrogen-bond acceptors (Lipinski definition) is 6. The molecule has 1 aromatic heterocycles. The van der Waals surface area contributed by atoms with Gasteiger partial charge in [0.1, 0.15) is 0 Å². The van der Waals surface area contributed by atoms with E-state index in [1.165, 1.54) is 0 Å². The molecule has 4 unspecified atom stereocenters. The van der Waals surface area contributed by atoms with Gasteiger partial charge in [-0.15, -0.1) is 11.8 Å². The predicted molar refractivity (Wildman–Crippen MR) is 82.6 cm³/mol. The number of rotatable bonds is 5. The number of aromatic nitrogens is 2. The topological polar surface area (TPSA) is 64.9 Å². The molecule has 1 fully saturated rings. The van der Waals surface area contributed by atoms with Gasteiger partial charge in [-0.1, -0.05) is 32.3 Å².